The van der Waals surface area contributed by atoms with E-state index in [1.807, 2.05) is 13.0 Å². The molecule has 0 radical (unpaired) electrons. The molecule has 5 atom stereocenters. The minimum absolute atomic E-state index is 0.0286. The van der Waals surface area contributed by atoms with Crippen molar-refractivity contribution in [1.82, 2.24) is 9.88 Å². The number of H-pyrrole nitrogens is 1. The van der Waals surface area contributed by atoms with Crippen LogP contribution in [0.4, 0.5) is 0 Å². The third-order valence-electron chi connectivity index (χ3n) is 7.06. The van der Waals surface area contributed by atoms with Crippen LogP contribution >= 0.6 is 0 Å². The van der Waals surface area contributed by atoms with Crippen molar-refractivity contribution in [3.8, 4) is 0 Å². The van der Waals surface area contributed by atoms with Gasteiger partial charge in [-0.3, -0.25) is 9.69 Å². The summed E-state index contributed by atoms with van der Waals surface area (Å²) in [5.74, 6) is -0.245. The van der Waals surface area contributed by atoms with Gasteiger partial charge in [0.2, 0.25) is 0 Å². The number of allylic oxidation sites excluding steroid dienone is 1. The zero-order valence-corrected chi connectivity index (χ0v) is 15.2. The molecule has 26 heavy (non-hydrogen) atoms. The predicted molar refractivity (Wildman–Crippen MR) is 98.6 cm³/mol. The number of aromatic amines is 1. The third-order valence-corrected chi connectivity index (χ3v) is 7.06. The van der Waals surface area contributed by atoms with Crippen LogP contribution in [0, 0.1) is 11.3 Å². The molecular formula is C21H24N2O3. The van der Waals surface area contributed by atoms with Gasteiger partial charge in [-0.05, 0) is 31.4 Å². The fraction of sp³-hybridized carbons (Fsp3) is 0.476. The van der Waals surface area contributed by atoms with E-state index in [1.165, 1.54) is 29.3 Å². The lowest BCUT2D eigenvalue weighted by molar-refractivity contribution is -0.183. The van der Waals surface area contributed by atoms with Gasteiger partial charge < -0.3 is 14.8 Å². The molecule has 0 amide bonds. The zero-order valence-electron chi connectivity index (χ0n) is 15.2. The fourth-order valence-electron chi connectivity index (χ4n) is 5.88. The predicted octanol–water partition coefficient (Wildman–Crippen LogP) is 2.57. The molecule has 0 saturated carbocycles. The van der Waals surface area contributed by atoms with Crippen molar-refractivity contribution in [2.45, 2.75) is 31.8 Å². The van der Waals surface area contributed by atoms with Gasteiger partial charge >= 0.3 is 5.97 Å². The van der Waals surface area contributed by atoms with Crippen LogP contribution in [0.2, 0.25) is 0 Å². The number of aromatic nitrogens is 1. The number of aliphatic hydroxyl groups excluding tert-OH is 1. The highest BCUT2D eigenvalue weighted by Crippen LogP contribution is 2.59. The van der Waals surface area contributed by atoms with Crippen LogP contribution in [0.1, 0.15) is 30.6 Å². The Morgan fingerprint density at radius 1 is 1.46 bits per heavy atom. The molecule has 136 valence electrons. The van der Waals surface area contributed by atoms with Gasteiger partial charge in [0.1, 0.15) is 5.41 Å². The number of piperidine rings is 3. The summed E-state index contributed by atoms with van der Waals surface area (Å²) in [6.45, 7) is 2.72. The summed E-state index contributed by atoms with van der Waals surface area (Å²) < 4.78 is 5.22. The van der Waals surface area contributed by atoms with Crippen LogP contribution in [0.5, 0.6) is 0 Å². The Balaban J connectivity index is 1.73. The van der Waals surface area contributed by atoms with E-state index < -0.39 is 5.41 Å². The molecule has 4 aliphatic heterocycles. The van der Waals surface area contributed by atoms with Crippen LogP contribution < -0.4 is 0 Å². The molecule has 1 aromatic heterocycles. The third kappa shape index (κ3) is 1.75. The average Bonchev–Trinajstić information content (AvgIpc) is 3.06. The van der Waals surface area contributed by atoms with Crippen molar-refractivity contribution in [3.63, 3.8) is 0 Å². The number of carbonyl (C=O) groups excluding carboxylic acids is 1. The van der Waals surface area contributed by atoms with Gasteiger partial charge in [-0.15, -0.1) is 0 Å². The molecule has 0 spiro atoms. The summed E-state index contributed by atoms with van der Waals surface area (Å²) in [6.07, 6.45) is 3.72. The zero-order chi connectivity index (χ0) is 18.1. The van der Waals surface area contributed by atoms with E-state index in [0.717, 1.165) is 24.9 Å². The van der Waals surface area contributed by atoms with Crippen molar-refractivity contribution >= 4 is 16.9 Å². The SMILES string of the molecule is CC=C1CN2[C@H]3Cc4c([nH]c5ccccc45)[C@@H]2C[C@H]1C3(CO)C(=O)OC. The number of hydrogen-bond acceptors (Lipinski definition) is 4. The molecule has 5 nitrogen and oxygen atoms in total. The van der Waals surface area contributed by atoms with Gasteiger partial charge in [0.15, 0.2) is 0 Å². The van der Waals surface area contributed by atoms with E-state index in [4.69, 9.17) is 4.74 Å². The first-order chi connectivity index (χ1) is 12.7. The highest BCUT2D eigenvalue weighted by Gasteiger charge is 2.64. The van der Waals surface area contributed by atoms with E-state index in [-0.39, 0.29) is 30.6 Å². The molecule has 1 aromatic carbocycles. The highest BCUT2D eigenvalue weighted by molar-refractivity contribution is 5.86. The first-order valence-electron chi connectivity index (χ1n) is 9.35. The van der Waals surface area contributed by atoms with Gasteiger partial charge in [0.05, 0.1) is 19.8 Å². The minimum Gasteiger partial charge on any atom is -0.468 e. The van der Waals surface area contributed by atoms with Crippen molar-refractivity contribution in [2.75, 3.05) is 20.3 Å². The summed E-state index contributed by atoms with van der Waals surface area (Å²) in [7, 11) is 1.43. The van der Waals surface area contributed by atoms with Crippen LogP contribution in [0.25, 0.3) is 10.9 Å². The second-order valence-corrected chi connectivity index (χ2v) is 7.81. The van der Waals surface area contributed by atoms with E-state index in [1.54, 1.807) is 0 Å². The number of ether oxygens (including phenoxy) is 1. The van der Waals surface area contributed by atoms with Gasteiger partial charge in [-0.25, -0.2) is 0 Å². The standard InChI is InChI=1S/C21H24N2O3/c1-3-12-10-23-17-9-15(12)21(11-24,20(25)26-2)18(23)8-14-13-6-4-5-7-16(13)22-19(14)17/h3-7,15,17-18,22,24H,8-11H2,1-2H3/t15-,17+,18+,21?/m1/s1. The summed E-state index contributed by atoms with van der Waals surface area (Å²) in [4.78, 5) is 19.0. The van der Waals surface area contributed by atoms with Crippen LogP contribution in [-0.4, -0.2) is 47.3 Å². The number of nitrogens with one attached hydrogen (secondary N) is 1. The first kappa shape index (κ1) is 16.1. The number of hydrogen-bond donors (Lipinski definition) is 2. The Hall–Kier alpha value is -2.11. The van der Waals surface area contributed by atoms with E-state index in [0.29, 0.717) is 0 Å². The fourth-order valence-corrected chi connectivity index (χ4v) is 5.88. The van der Waals surface area contributed by atoms with E-state index >= 15 is 0 Å². The lowest BCUT2D eigenvalue weighted by Gasteiger charge is -2.62. The summed E-state index contributed by atoms with van der Waals surface area (Å²) in [5, 5.41) is 11.7. The molecule has 3 fully saturated rings. The molecule has 4 aliphatic rings. The highest BCUT2D eigenvalue weighted by atomic mass is 16.5. The van der Waals surface area contributed by atoms with Gasteiger partial charge in [-0.2, -0.15) is 0 Å². The molecule has 5 heteroatoms. The Kier molecular flexibility index (Phi) is 3.37. The van der Waals surface area contributed by atoms with E-state index in [9.17, 15) is 9.90 Å². The lowest BCUT2D eigenvalue weighted by Crippen LogP contribution is -2.69. The van der Waals surface area contributed by atoms with Crippen molar-refractivity contribution in [3.05, 3.63) is 47.2 Å². The van der Waals surface area contributed by atoms with Crippen LogP contribution in [0.3, 0.4) is 0 Å². The molecule has 2 N–H and O–H groups in total. The smallest absolute Gasteiger partial charge is 0.316 e. The van der Waals surface area contributed by atoms with Crippen molar-refractivity contribution in [2.24, 2.45) is 11.3 Å². The number of aliphatic hydroxyl groups is 1. The normalized spacial score (nSPS) is 36.3. The lowest BCUT2D eigenvalue weighted by atomic mass is 9.55. The average molecular weight is 352 g/mol. The summed E-state index contributed by atoms with van der Waals surface area (Å²) >= 11 is 0. The summed E-state index contributed by atoms with van der Waals surface area (Å²) in [5.41, 5.74) is 4.12. The quantitative estimate of drug-likeness (QED) is 0.644. The van der Waals surface area contributed by atoms with Crippen LogP contribution in [-0.2, 0) is 16.0 Å². The molecule has 2 unspecified atom stereocenters. The van der Waals surface area contributed by atoms with Gasteiger partial charge in [-0.1, -0.05) is 29.8 Å². The monoisotopic (exact) mass is 352 g/mol. The molecule has 4 bridgehead atoms. The molecule has 5 heterocycles. The molecular weight excluding hydrogens is 328 g/mol. The van der Waals surface area contributed by atoms with Gasteiger partial charge in [0.25, 0.3) is 0 Å². The number of methoxy groups -OCH3 is 1. The van der Waals surface area contributed by atoms with Gasteiger partial charge in [0, 0.05) is 35.1 Å². The second kappa shape index (κ2) is 5.44. The van der Waals surface area contributed by atoms with Crippen molar-refractivity contribution < 1.29 is 14.6 Å². The summed E-state index contributed by atoms with van der Waals surface area (Å²) in [6, 6.07) is 8.61. The van der Waals surface area contributed by atoms with E-state index in [2.05, 4.69) is 34.2 Å². The second-order valence-electron chi connectivity index (χ2n) is 7.81. The number of para-hydroxylation sites is 1. The number of esters is 1. The maximum atomic E-state index is 12.9. The van der Waals surface area contributed by atoms with Crippen LogP contribution in [0.15, 0.2) is 35.9 Å². The number of carbonyl (C=O) groups is 1. The maximum absolute atomic E-state index is 12.9. The largest absolute Gasteiger partial charge is 0.468 e. The number of fused-ring (bicyclic) bond motifs is 4. The van der Waals surface area contributed by atoms with Crippen molar-refractivity contribution in [1.29, 1.82) is 0 Å². The molecule has 0 aliphatic carbocycles. The Labute approximate surface area is 152 Å². The Morgan fingerprint density at radius 3 is 3.00 bits per heavy atom. The maximum Gasteiger partial charge on any atom is 0.316 e. The molecule has 3 saturated heterocycles. The number of nitrogens with zero attached hydrogens (tertiary/aromatic N) is 1. The topological polar surface area (TPSA) is 65.6 Å². The molecule has 2 aromatic rings. The number of benzene rings is 1. The first-order valence-corrected chi connectivity index (χ1v) is 9.35. The Morgan fingerprint density at radius 2 is 2.27 bits per heavy atom. The Bertz CT molecular complexity index is 930. The number of rotatable bonds is 2. The molecule has 6 rings (SSSR count). The minimum atomic E-state index is -0.874.